The molecule has 1 aromatic rings. The van der Waals surface area contributed by atoms with Gasteiger partial charge in [0, 0.05) is 18.6 Å². The van der Waals surface area contributed by atoms with Crippen molar-refractivity contribution in [2.75, 3.05) is 26.9 Å². The molecule has 0 aliphatic carbocycles. The minimum Gasteiger partial charge on any atom is -0.491 e. The fraction of sp³-hybridized carbons (Fsp3) is 0.600. The molecule has 2 atom stereocenters. The third-order valence-electron chi connectivity index (χ3n) is 3.72. The van der Waals surface area contributed by atoms with Crippen LogP contribution in [0.3, 0.4) is 0 Å². The summed E-state index contributed by atoms with van der Waals surface area (Å²) in [5.41, 5.74) is 2.40. The Bertz CT molecular complexity index is 366. The molecular weight excluding hydrogens is 226 g/mol. The second-order valence-electron chi connectivity index (χ2n) is 5.05. The van der Waals surface area contributed by atoms with Gasteiger partial charge >= 0.3 is 0 Å². The molecule has 1 fully saturated rings. The highest BCUT2D eigenvalue weighted by Gasteiger charge is 2.25. The lowest BCUT2D eigenvalue weighted by Gasteiger charge is -2.23. The van der Waals surface area contributed by atoms with E-state index in [4.69, 9.17) is 9.47 Å². The normalized spacial score (nSPS) is 20.9. The molecule has 1 aromatic carbocycles. The molecule has 1 aliphatic heterocycles. The van der Waals surface area contributed by atoms with Gasteiger partial charge in [-0.05, 0) is 38.4 Å². The molecule has 1 aliphatic rings. The number of para-hydroxylation sites is 1. The average Bonchev–Trinajstić information content (AvgIpc) is 2.87. The highest BCUT2D eigenvalue weighted by Crippen LogP contribution is 2.24. The Balaban J connectivity index is 1.97. The number of hydrogen-bond acceptors (Lipinski definition) is 3. The highest BCUT2D eigenvalue weighted by atomic mass is 16.5. The molecule has 18 heavy (non-hydrogen) atoms. The SMILES string of the molecule is CNC(COc1c(C)cccc1C)C1CCOC1. The van der Waals surface area contributed by atoms with Gasteiger partial charge in [0.1, 0.15) is 12.4 Å². The predicted molar refractivity (Wildman–Crippen MR) is 73.2 cm³/mol. The van der Waals surface area contributed by atoms with Gasteiger partial charge in [0.2, 0.25) is 0 Å². The van der Waals surface area contributed by atoms with Crippen LogP contribution in [0.15, 0.2) is 18.2 Å². The summed E-state index contributed by atoms with van der Waals surface area (Å²) in [6.45, 7) is 6.62. The van der Waals surface area contributed by atoms with Crippen molar-refractivity contribution >= 4 is 0 Å². The molecule has 0 spiro atoms. The van der Waals surface area contributed by atoms with Crippen molar-refractivity contribution in [2.24, 2.45) is 5.92 Å². The van der Waals surface area contributed by atoms with Crippen molar-refractivity contribution < 1.29 is 9.47 Å². The summed E-state index contributed by atoms with van der Waals surface area (Å²) in [5, 5.41) is 3.35. The molecule has 1 heterocycles. The van der Waals surface area contributed by atoms with E-state index < -0.39 is 0 Å². The van der Waals surface area contributed by atoms with Gasteiger partial charge in [-0.3, -0.25) is 0 Å². The zero-order valence-corrected chi connectivity index (χ0v) is 11.5. The summed E-state index contributed by atoms with van der Waals surface area (Å²) < 4.78 is 11.5. The van der Waals surface area contributed by atoms with Gasteiger partial charge in [-0.1, -0.05) is 18.2 Å². The van der Waals surface area contributed by atoms with Crippen LogP contribution in [0.2, 0.25) is 0 Å². The Morgan fingerprint density at radius 1 is 1.39 bits per heavy atom. The van der Waals surface area contributed by atoms with Crippen LogP contribution in [-0.4, -0.2) is 32.9 Å². The second-order valence-corrected chi connectivity index (χ2v) is 5.05. The molecule has 1 N–H and O–H groups in total. The van der Waals surface area contributed by atoms with Crippen molar-refractivity contribution in [1.29, 1.82) is 0 Å². The van der Waals surface area contributed by atoms with Gasteiger partial charge in [0.15, 0.2) is 0 Å². The van der Waals surface area contributed by atoms with Crippen LogP contribution in [0, 0.1) is 19.8 Å². The maximum atomic E-state index is 6.01. The lowest BCUT2D eigenvalue weighted by Crippen LogP contribution is -2.39. The first kappa shape index (κ1) is 13.4. The van der Waals surface area contributed by atoms with Crippen molar-refractivity contribution in [3.63, 3.8) is 0 Å². The zero-order chi connectivity index (χ0) is 13.0. The van der Waals surface area contributed by atoms with Crippen LogP contribution in [0.4, 0.5) is 0 Å². The number of nitrogens with one attached hydrogen (secondary N) is 1. The monoisotopic (exact) mass is 249 g/mol. The largest absolute Gasteiger partial charge is 0.491 e. The van der Waals surface area contributed by atoms with Crippen molar-refractivity contribution in [3.8, 4) is 5.75 Å². The number of aryl methyl sites for hydroxylation is 2. The molecule has 0 amide bonds. The molecule has 100 valence electrons. The average molecular weight is 249 g/mol. The van der Waals surface area contributed by atoms with Crippen LogP contribution in [0.25, 0.3) is 0 Å². The third kappa shape index (κ3) is 3.03. The number of hydrogen-bond donors (Lipinski definition) is 1. The van der Waals surface area contributed by atoms with Gasteiger partial charge < -0.3 is 14.8 Å². The topological polar surface area (TPSA) is 30.5 Å². The minimum absolute atomic E-state index is 0.367. The molecule has 0 aromatic heterocycles. The number of rotatable bonds is 5. The first-order valence-corrected chi connectivity index (χ1v) is 6.66. The Labute approximate surface area is 109 Å². The van der Waals surface area contributed by atoms with Crippen LogP contribution >= 0.6 is 0 Å². The predicted octanol–water partition coefficient (Wildman–Crippen LogP) is 2.31. The summed E-state index contributed by atoms with van der Waals surface area (Å²) >= 11 is 0. The molecule has 1 saturated heterocycles. The summed E-state index contributed by atoms with van der Waals surface area (Å²) in [4.78, 5) is 0. The molecule has 3 nitrogen and oxygen atoms in total. The van der Waals surface area contributed by atoms with E-state index in [1.54, 1.807) is 0 Å². The van der Waals surface area contributed by atoms with Crippen molar-refractivity contribution in [2.45, 2.75) is 26.3 Å². The highest BCUT2D eigenvalue weighted by molar-refractivity contribution is 5.39. The van der Waals surface area contributed by atoms with Gasteiger partial charge in [0.05, 0.1) is 6.61 Å². The Morgan fingerprint density at radius 2 is 2.11 bits per heavy atom. The van der Waals surface area contributed by atoms with Gasteiger partial charge in [-0.2, -0.15) is 0 Å². The first-order chi connectivity index (χ1) is 8.72. The molecule has 3 heteroatoms. The van der Waals surface area contributed by atoms with Crippen LogP contribution in [0.5, 0.6) is 5.75 Å². The van der Waals surface area contributed by atoms with E-state index in [1.807, 2.05) is 7.05 Å². The molecule has 2 rings (SSSR count). The summed E-state index contributed by atoms with van der Waals surface area (Å²) in [5.74, 6) is 1.59. The number of ether oxygens (including phenoxy) is 2. The fourth-order valence-electron chi connectivity index (χ4n) is 2.53. The van der Waals surface area contributed by atoms with E-state index in [-0.39, 0.29) is 0 Å². The fourth-order valence-corrected chi connectivity index (χ4v) is 2.53. The van der Waals surface area contributed by atoms with Gasteiger partial charge in [-0.25, -0.2) is 0 Å². The third-order valence-corrected chi connectivity index (χ3v) is 3.72. The summed E-state index contributed by atoms with van der Waals surface area (Å²) in [6, 6.07) is 6.62. The van der Waals surface area contributed by atoms with Crippen molar-refractivity contribution in [3.05, 3.63) is 29.3 Å². The van der Waals surface area contributed by atoms with Gasteiger partial charge in [-0.15, -0.1) is 0 Å². The molecular formula is C15H23NO2. The van der Waals surface area contributed by atoms with Gasteiger partial charge in [0.25, 0.3) is 0 Å². The number of benzene rings is 1. The van der Waals surface area contributed by atoms with E-state index in [2.05, 4.69) is 37.4 Å². The Hall–Kier alpha value is -1.06. The molecule has 0 saturated carbocycles. The van der Waals surface area contributed by atoms with E-state index in [0.29, 0.717) is 18.6 Å². The van der Waals surface area contributed by atoms with Crippen LogP contribution < -0.4 is 10.1 Å². The maximum absolute atomic E-state index is 6.01. The van der Waals surface area contributed by atoms with E-state index in [9.17, 15) is 0 Å². The molecule has 0 radical (unpaired) electrons. The number of likely N-dealkylation sites (N-methyl/N-ethyl adjacent to an activating group) is 1. The van der Waals surface area contributed by atoms with E-state index >= 15 is 0 Å². The lowest BCUT2D eigenvalue weighted by molar-refractivity contribution is 0.162. The van der Waals surface area contributed by atoms with Crippen LogP contribution in [-0.2, 0) is 4.74 Å². The smallest absolute Gasteiger partial charge is 0.125 e. The minimum atomic E-state index is 0.367. The second kappa shape index (κ2) is 6.21. The first-order valence-electron chi connectivity index (χ1n) is 6.66. The molecule has 2 unspecified atom stereocenters. The van der Waals surface area contributed by atoms with E-state index in [1.165, 1.54) is 11.1 Å². The standard InChI is InChI=1S/C15H23NO2/c1-11-5-4-6-12(2)15(11)18-10-14(16-3)13-7-8-17-9-13/h4-6,13-14,16H,7-10H2,1-3H3. The van der Waals surface area contributed by atoms with Crippen LogP contribution in [0.1, 0.15) is 17.5 Å². The summed E-state index contributed by atoms with van der Waals surface area (Å²) in [7, 11) is 2.00. The Kier molecular flexibility index (Phi) is 4.61. The lowest BCUT2D eigenvalue weighted by atomic mass is 10.00. The molecule has 0 bridgehead atoms. The summed E-state index contributed by atoms with van der Waals surface area (Å²) in [6.07, 6.45) is 1.13. The Morgan fingerprint density at radius 3 is 2.67 bits per heavy atom. The quantitative estimate of drug-likeness (QED) is 0.868. The maximum Gasteiger partial charge on any atom is 0.125 e. The van der Waals surface area contributed by atoms with Crippen molar-refractivity contribution in [1.82, 2.24) is 5.32 Å². The van der Waals surface area contributed by atoms with E-state index in [0.717, 1.165) is 25.4 Å². The zero-order valence-electron chi connectivity index (χ0n) is 11.5.